The maximum Gasteiger partial charge on any atom is 0.154 e. The van der Waals surface area contributed by atoms with Gasteiger partial charge in [0.05, 0.1) is 6.54 Å². The van der Waals surface area contributed by atoms with Gasteiger partial charge in [-0.1, -0.05) is 19.8 Å². The third-order valence-electron chi connectivity index (χ3n) is 4.54. The highest BCUT2D eigenvalue weighted by atomic mass is 19.1. The number of amidine groups is 1. The van der Waals surface area contributed by atoms with Gasteiger partial charge in [-0.2, -0.15) is 0 Å². The van der Waals surface area contributed by atoms with Crippen molar-refractivity contribution in [3.63, 3.8) is 0 Å². The van der Waals surface area contributed by atoms with E-state index in [1.165, 1.54) is 37.5 Å². The van der Waals surface area contributed by atoms with Gasteiger partial charge in [-0.3, -0.25) is 4.99 Å². The second-order valence-electron chi connectivity index (χ2n) is 6.16. The van der Waals surface area contributed by atoms with Crippen molar-refractivity contribution in [2.75, 3.05) is 6.54 Å². The van der Waals surface area contributed by atoms with Crippen LogP contribution < -0.4 is 0 Å². The van der Waals surface area contributed by atoms with Gasteiger partial charge in [0.1, 0.15) is 5.82 Å². The quantitative estimate of drug-likeness (QED) is 0.772. The van der Waals surface area contributed by atoms with Gasteiger partial charge < -0.3 is 0 Å². The molecule has 0 saturated heterocycles. The SMILES string of the molecule is Cc1cc(C2=NCC(C3CCC(C)CC3)=N2)ccc1F. The monoisotopic (exact) mass is 272 g/mol. The maximum atomic E-state index is 13.3. The molecule has 0 aromatic heterocycles. The summed E-state index contributed by atoms with van der Waals surface area (Å²) >= 11 is 0. The van der Waals surface area contributed by atoms with Crippen molar-refractivity contribution in [1.29, 1.82) is 0 Å². The smallest absolute Gasteiger partial charge is 0.154 e. The van der Waals surface area contributed by atoms with Crippen molar-refractivity contribution in [1.82, 2.24) is 0 Å². The fourth-order valence-electron chi connectivity index (χ4n) is 3.12. The van der Waals surface area contributed by atoms with E-state index in [4.69, 9.17) is 4.99 Å². The van der Waals surface area contributed by atoms with E-state index in [9.17, 15) is 4.39 Å². The largest absolute Gasteiger partial charge is 0.260 e. The zero-order chi connectivity index (χ0) is 14.1. The maximum absolute atomic E-state index is 13.3. The molecule has 2 nitrogen and oxygen atoms in total. The summed E-state index contributed by atoms with van der Waals surface area (Å²) in [6.07, 6.45) is 5.08. The van der Waals surface area contributed by atoms with Gasteiger partial charge in [0, 0.05) is 11.3 Å². The van der Waals surface area contributed by atoms with Crippen LogP contribution in [0.15, 0.2) is 28.2 Å². The van der Waals surface area contributed by atoms with E-state index in [2.05, 4.69) is 11.9 Å². The lowest BCUT2D eigenvalue weighted by Crippen LogP contribution is -2.21. The Labute approximate surface area is 119 Å². The summed E-state index contributed by atoms with van der Waals surface area (Å²) in [6, 6.07) is 5.11. The van der Waals surface area contributed by atoms with E-state index in [0.29, 0.717) is 11.5 Å². The van der Waals surface area contributed by atoms with Crippen molar-refractivity contribution >= 4 is 11.5 Å². The molecule has 0 N–H and O–H groups in total. The molecular weight excluding hydrogens is 251 g/mol. The second kappa shape index (κ2) is 5.47. The number of nitrogens with zero attached hydrogens (tertiary/aromatic N) is 2. The molecule has 0 atom stereocenters. The first kappa shape index (κ1) is 13.5. The van der Waals surface area contributed by atoms with Crippen LogP contribution in [0.1, 0.15) is 43.7 Å². The minimum absolute atomic E-state index is 0.169. The van der Waals surface area contributed by atoms with Gasteiger partial charge in [-0.15, -0.1) is 0 Å². The molecule has 0 unspecified atom stereocenters. The van der Waals surface area contributed by atoms with Crippen LogP contribution >= 0.6 is 0 Å². The zero-order valence-electron chi connectivity index (χ0n) is 12.2. The molecule has 1 aromatic carbocycles. The third-order valence-corrected chi connectivity index (χ3v) is 4.54. The van der Waals surface area contributed by atoms with Gasteiger partial charge in [0.15, 0.2) is 5.84 Å². The molecule has 3 rings (SSSR count). The topological polar surface area (TPSA) is 24.7 Å². The standard InChI is InChI=1S/C17H21FN2/c1-11-3-5-13(6-4-11)16-10-19-17(20-16)14-7-8-15(18)12(2)9-14/h7-9,11,13H,3-6,10H2,1-2H3. The third kappa shape index (κ3) is 2.67. The number of halogens is 1. The van der Waals surface area contributed by atoms with Crippen LogP contribution in [0.2, 0.25) is 0 Å². The fraction of sp³-hybridized carbons (Fsp3) is 0.529. The Bertz CT molecular complexity index is 566. The van der Waals surface area contributed by atoms with E-state index in [1.54, 1.807) is 13.0 Å². The zero-order valence-corrected chi connectivity index (χ0v) is 12.2. The molecular formula is C17H21FN2. The van der Waals surface area contributed by atoms with E-state index < -0.39 is 0 Å². The average molecular weight is 272 g/mol. The van der Waals surface area contributed by atoms with Crippen LogP contribution in [0.4, 0.5) is 4.39 Å². The first-order valence-corrected chi connectivity index (χ1v) is 7.52. The predicted octanol–water partition coefficient (Wildman–Crippen LogP) is 4.16. The highest BCUT2D eigenvalue weighted by Crippen LogP contribution is 2.30. The molecule has 0 spiro atoms. The molecule has 0 bridgehead atoms. The highest BCUT2D eigenvalue weighted by molar-refractivity contribution is 6.12. The van der Waals surface area contributed by atoms with Crippen LogP contribution in [0.5, 0.6) is 0 Å². The van der Waals surface area contributed by atoms with E-state index in [1.807, 2.05) is 6.07 Å². The van der Waals surface area contributed by atoms with Crippen molar-refractivity contribution < 1.29 is 4.39 Å². The fourth-order valence-corrected chi connectivity index (χ4v) is 3.12. The van der Waals surface area contributed by atoms with Gasteiger partial charge in [0.2, 0.25) is 0 Å². The summed E-state index contributed by atoms with van der Waals surface area (Å²) in [5.74, 6) is 2.07. The minimum atomic E-state index is -0.169. The molecule has 1 aliphatic heterocycles. The van der Waals surface area contributed by atoms with Crippen molar-refractivity contribution in [3.8, 4) is 0 Å². The minimum Gasteiger partial charge on any atom is -0.260 e. The molecule has 20 heavy (non-hydrogen) atoms. The lowest BCUT2D eigenvalue weighted by atomic mass is 9.80. The Morgan fingerprint density at radius 3 is 2.60 bits per heavy atom. The number of rotatable bonds is 2. The molecule has 1 heterocycles. The number of hydrogen-bond donors (Lipinski definition) is 0. The molecule has 3 heteroatoms. The molecule has 106 valence electrons. The Hall–Kier alpha value is -1.51. The van der Waals surface area contributed by atoms with Crippen LogP contribution in [0, 0.1) is 24.6 Å². The highest BCUT2D eigenvalue weighted by Gasteiger charge is 2.25. The molecule has 0 amide bonds. The summed E-state index contributed by atoms with van der Waals surface area (Å²) in [6.45, 7) is 4.84. The summed E-state index contributed by atoms with van der Waals surface area (Å²) in [7, 11) is 0. The average Bonchev–Trinajstić information content (AvgIpc) is 2.92. The Morgan fingerprint density at radius 1 is 1.15 bits per heavy atom. The molecule has 2 aliphatic rings. The Kier molecular flexibility index (Phi) is 3.68. The van der Waals surface area contributed by atoms with Gasteiger partial charge in [0.25, 0.3) is 0 Å². The number of benzene rings is 1. The van der Waals surface area contributed by atoms with Crippen LogP contribution in [-0.2, 0) is 0 Å². The molecule has 1 aromatic rings. The van der Waals surface area contributed by atoms with E-state index >= 15 is 0 Å². The van der Waals surface area contributed by atoms with E-state index in [-0.39, 0.29) is 5.82 Å². The van der Waals surface area contributed by atoms with Crippen molar-refractivity contribution in [3.05, 3.63) is 35.1 Å². The van der Waals surface area contributed by atoms with Crippen LogP contribution in [-0.4, -0.2) is 18.1 Å². The van der Waals surface area contributed by atoms with Crippen LogP contribution in [0.3, 0.4) is 0 Å². The summed E-state index contributed by atoms with van der Waals surface area (Å²) in [5.41, 5.74) is 2.82. The first-order valence-electron chi connectivity index (χ1n) is 7.52. The Morgan fingerprint density at radius 2 is 1.90 bits per heavy atom. The Balaban J connectivity index is 1.75. The molecule has 1 aliphatic carbocycles. The van der Waals surface area contributed by atoms with Crippen molar-refractivity contribution in [2.45, 2.75) is 39.5 Å². The lowest BCUT2D eigenvalue weighted by Gasteiger charge is -2.25. The predicted molar refractivity (Wildman–Crippen MR) is 81.1 cm³/mol. The van der Waals surface area contributed by atoms with Crippen molar-refractivity contribution in [2.24, 2.45) is 21.8 Å². The molecule has 0 radical (unpaired) electrons. The van der Waals surface area contributed by atoms with Gasteiger partial charge in [-0.25, -0.2) is 9.38 Å². The van der Waals surface area contributed by atoms with Gasteiger partial charge in [-0.05, 0) is 55.4 Å². The lowest BCUT2D eigenvalue weighted by molar-refractivity contribution is 0.343. The van der Waals surface area contributed by atoms with Gasteiger partial charge >= 0.3 is 0 Å². The normalized spacial score (nSPS) is 26.4. The number of aryl methyl sites for hydroxylation is 1. The van der Waals surface area contributed by atoms with E-state index in [0.717, 1.165) is 23.9 Å². The number of hydrogen-bond acceptors (Lipinski definition) is 2. The molecule has 1 fully saturated rings. The summed E-state index contributed by atoms with van der Waals surface area (Å²) < 4.78 is 13.3. The number of aliphatic imine (C=N–C) groups is 2. The van der Waals surface area contributed by atoms with Crippen LogP contribution in [0.25, 0.3) is 0 Å². The first-order chi connectivity index (χ1) is 9.63. The summed E-state index contributed by atoms with van der Waals surface area (Å²) in [4.78, 5) is 9.26. The molecule has 1 saturated carbocycles. The second-order valence-corrected chi connectivity index (χ2v) is 6.16. The summed E-state index contributed by atoms with van der Waals surface area (Å²) in [5, 5.41) is 0.